The number of likely N-dealkylation sites (tertiary alicyclic amines) is 2. The standard InChI is InChI=1S/C23H28N4O2.C18H24F2N2O3S/c1-22(2)10-19(22)21(29)26-15-23(16-26)8-9-25(14-23)20(28)18-11-24-27(13-18)12-17-6-4-3-5-7-17;1-12(25-10-13-5-3-2-4-6-13)17(21-11-23)18(24)22-26-16-8-7-14(19)9-15(16)20/h3-7,11,13,19H,8-10,12,14-16H2,1-2H3;7-9,11-13,17H,2-6,10H2,1H3,(H,21,23)(H,22,24). The number of halogens is 2. The van der Waals surface area contributed by atoms with Crippen LogP contribution in [-0.2, 0) is 25.7 Å². The van der Waals surface area contributed by atoms with Crippen LogP contribution in [0.2, 0.25) is 0 Å². The second-order valence-electron chi connectivity index (χ2n) is 16.3. The molecule has 14 heteroatoms. The van der Waals surface area contributed by atoms with E-state index in [0.717, 1.165) is 81.5 Å². The van der Waals surface area contributed by atoms with E-state index in [9.17, 15) is 28.0 Å². The normalized spacial score (nSPS) is 20.8. The summed E-state index contributed by atoms with van der Waals surface area (Å²) in [7, 11) is 0. The molecule has 4 amide bonds. The number of carbonyl (C=O) groups is 4. The Balaban J connectivity index is 0.000000189. The van der Waals surface area contributed by atoms with Crippen LogP contribution in [0.15, 0.2) is 65.8 Å². The number of nitrogens with zero attached hydrogens (tertiary/aromatic N) is 4. The number of rotatable bonds is 13. The Morgan fingerprint density at radius 3 is 2.42 bits per heavy atom. The zero-order valence-corrected chi connectivity index (χ0v) is 32.7. The molecule has 0 bridgehead atoms. The lowest BCUT2D eigenvalue weighted by Crippen LogP contribution is -2.60. The SMILES string of the molecule is CC(OCC1CCCCC1)C(NC=O)C(=O)NSc1ccc(F)cc1F.CC1(C)CC1C(=O)N1CC2(CCN(C(=O)c3cnn(Cc4ccccc4)c3)C2)C1. The van der Waals surface area contributed by atoms with E-state index in [-0.39, 0.29) is 27.6 Å². The van der Waals surface area contributed by atoms with E-state index in [2.05, 4.69) is 41.1 Å². The molecular formula is C41H52F2N6O5S. The van der Waals surface area contributed by atoms with Gasteiger partial charge in [-0.25, -0.2) is 8.78 Å². The predicted molar refractivity (Wildman–Crippen MR) is 205 cm³/mol. The van der Waals surface area contributed by atoms with Gasteiger partial charge in [-0.05, 0) is 73.6 Å². The Morgan fingerprint density at radius 1 is 1.04 bits per heavy atom. The molecule has 1 aromatic heterocycles. The summed E-state index contributed by atoms with van der Waals surface area (Å²) in [4.78, 5) is 52.7. The highest BCUT2D eigenvalue weighted by Crippen LogP contribution is 2.54. The summed E-state index contributed by atoms with van der Waals surface area (Å²) in [5.41, 5.74) is 2.08. The maximum Gasteiger partial charge on any atom is 0.257 e. The summed E-state index contributed by atoms with van der Waals surface area (Å²) >= 11 is 0.729. The van der Waals surface area contributed by atoms with Gasteiger partial charge in [0.1, 0.15) is 17.7 Å². The van der Waals surface area contributed by atoms with Gasteiger partial charge in [0.25, 0.3) is 11.8 Å². The first-order chi connectivity index (χ1) is 26.4. The van der Waals surface area contributed by atoms with E-state index in [1.165, 1.54) is 25.3 Å². The van der Waals surface area contributed by atoms with Gasteiger partial charge >= 0.3 is 0 Å². The molecule has 4 aliphatic rings. The summed E-state index contributed by atoms with van der Waals surface area (Å²) in [5, 5.41) is 6.81. The van der Waals surface area contributed by atoms with E-state index in [1.807, 2.05) is 38.9 Å². The molecule has 3 unspecified atom stereocenters. The van der Waals surface area contributed by atoms with Gasteiger partial charge in [0.05, 0.1) is 29.3 Å². The van der Waals surface area contributed by atoms with Gasteiger partial charge in [0.15, 0.2) is 0 Å². The first-order valence-electron chi connectivity index (χ1n) is 19.2. The highest BCUT2D eigenvalue weighted by Gasteiger charge is 2.57. The smallest absolute Gasteiger partial charge is 0.257 e. The summed E-state index contributed by atoms with van der Waals surface area (Å²) < 4.78 is 36.6. The number of hydrogen-bond acceptors (Lipinski definition) is 7. The molecule has 2 saturated carbocycles. The molecule has 296 valence electrons. The van der Waals surface area contributed by atoms with Crippen molar-refractivity contribution in [3.8, 4) is 0 Å². The van der Waals surface area contributed by atoms with Gasteiger partial charge < -0.3 is 19.9 Å². The van der Waals surface area contributed by atoms with Crippen LogP contribution >= 0.6 is 11.9 Å². The Morgan fingerprint density at radius 2 is 1.75 bits per heavy atom. The molecule has 1 spiro atoms. The van der Waals surface area contributed by atoms with Crippen molar-refractivity contribution in [2.24, 2.45) is 22.7 Å². The average Bonchev–Trinajstić information content (AvgIpc) is 3.47. The number of hydrogen-bond donors (Lipinski definition) is 2. The molecule has 3 atom stereocenters. The van der Waals surface area contributed by atoms with Crippen LogP contribution in [0.5, 0.6) is 0 Å². The van der Waals surface area contributed by atoms with Crippen molar-refractivity contribution in [2.45, 2.75) is 89.3 Å². The monoisotopic (exact) mass is 778 g/mol. The van der Waals surface area contributed by atoms with Crippen LogP contribution < -0.4 is 10.0 Å². The second kappa shape index (κ2) is 17.7. The molecule has 11 nitrogen and oxygen atoms in total. The molecule has 7 rings (SSSR count). The van der Waals surface area contributed by atoms with Crippen LogP contribution in [0.1, 0.15) is 81.6 Å². The van der Waals surface area contributed by atoms with Crippen LogP contribution in [0.4, 0.5) is 8.78 Å². The lowest BCUT2D eigenvalue weighted by atomic mass is 9.78. The number of carbonyl (C=O) groups excluding carboxylic acids is 4. The maximum atomic E-state index is 13.6. The number of nitrogens with one attached hydrogen (secondary N) is 2. The fourth-order valence-corrected chi connectivity index (χ4v) is 8.50. The van der Waals surface area contributed by atoms with Gasteiger partial charge in [-0.3, -0.25) is 28.6 Å². The fraction of sp³-hybridized carbons (Fsp3) is 0.537. The van der Waals surface area contributed by atoms with Crippen LogP contribution in [0.25, 0.3) is 0 Å². The number of aromatic nitrogens is 2. The fourth-order valence-electron chi connectivity index (χ4n) is 7.87. The zero-order valence-electron chi connectivity index (χ0n) is 31.8. The Hall–Kier alpha value is -4.30. The third kappa shape index (κ3) is 10.3. The first kappa shape index (κ1) is 40.4. The van der Waals surface area contributed by atoms with Crippen LogP contribution in [-0.4, -0.2) is 88.6 Å². The Labute approximate surface area is 326 Å². The molecule has 2 N–H and O–H groups in total. The van der Waals surface area contributed by atoms with Crippen LogP contribution in [0.3, 0.4) is 0 Å². The van der Waals surface area contributed by atoms with Crippen molar-refractivity contribution < 1.29 is 32.7 Å². The second-order valence-corrected chi connectivity index (χ2v) is 17.1. The molecule has 2 saturated heterocycles. The molecule has 55 heavy (non-hydrogen) atoms. The molecule has 3 heterocycles. The molecule has 2 aliphatic carbocycles. The summed E-state index contributed by atoms with van der Waals surface area (Å²) in [6.45, 7) is 10.4. The molecule has 2 aromatic carbocycles. The quantitative estimate of drug-likeness (QED) is 0.165. The molecule has 3 aromatic rings. The molecule has 4 fully saturated rings. The van der Waals surface area contributed by atoms with E-state index in [4.69, 9.17) is 4.74 Å². The molecule has 2 aliphatic heterocycles. The topological polar surface area (TPSA) is 126 Å². The van der Waals surface area contributed by atoms with Gasteiger partial charge in [0, 0.05) is 56.4 Å². The summed E-state index contributed by atoms with van der Waals surface area (Å²) in [6.07, 6.45) is 11.3. The van der Waals surface area contributed by atoms with Gasteiger partial charge in [0.2, 0.25) is 12.3 Å². The summed E-state index contributed by atoms with van der Waals surface area (Å²) in [5.74, 6) is -0.924. The van der Waals surface area contributed by atoms with Gasteiger partial charge in [-0.15, -0.1) is 0 Å². The highest BCUT2D eigenvalue weighted by atomic mass is 32.2. The van der Waals surface area contributed by atoms with E-state index < -0.39 is 29.7 Å². The largest absolute Gasteiger partial charge is 0.376 e. The van der Waals surface area contributed by atoms with Crippen molar-refractivity contribution in [3.05, 3.63) is 83.7 Å². The number of ether oxygens (including phenoxy) is 1. The third-order valence-corrected chi connectivity index (χ3v) is 12.3. The minimum Gasteiger partial charge on any atom is -0.376 e. The van der Waals surface area contributed by atoms with Crippen molar-refractivity contribution in [3.63, 3.8) is 0 Å². The van der Waals surface area contributed by atoms with E-state index >= 15 is 0 Å². The first-order valence-corrected chi connectivity index (χ1v) is 20.1. The lowest BCUT2D eigenvalue weighted by Gasteiger charge is -2.48. The zero-order chi connectivity index (χ0) is 39.2. The lowest BCUT2D eigenvalue weighted by molar-refractivity contribution is -0.144. The summed E-state index contributed by atoms with van der Waals surface area (Å²) in [6, 6.07) is 12.3. The third-order valence-electron chi connectivity index (χ3n) is 11.4. The van der Waals surface area contributed by atoms with Crippen molar-refractivity contribution in [1.82, 2.24) is 29.6 Å². The van der Waals surface area contributed by atoms with Crippen LogP contribution in [0, 0.1) is 34.3 Å². The Bertz CT molecular complexity index is 1810. The maximum absolute atomic E-state index is 13.6. The molecular weight excluding hydrogens is 727 g/mol. The highest BCUT2D eigenvalue weighted by molar-refractivity contribution is 7.98. The van der Waals surface area contributed by atoms with E-state index in [0.29, 0.717) is 37.0 Å². The average molecular weight is 779 g/mol. The van der Waals surface area contributed by atoms with Gasteiger partial charge in [-0.1, -0.05) is 63.4 Å². The van der Waals surface area contributed by atoms with Crippen molar-refractivity contribution in [2.75, 3.05) is 32.8 Å². The Kier molecular flexibility index (Phi) is 13.0. The van der Waals surface area contributed by atoms with Crippen molar-refractivity contribution in [1.29, 1.82) is 0 Å². The number of amides is 4. The number of benzene rings is 2. The van der Waals surface area contributed by atoms with Gasteiger partial charge in [-0.2, -0.15) is 5.10 Å². The minimum atomic E-state index is -0.896. The molecule has 0 radical (unpaired) electrons. The minimum absolute atomic E-state index is 0.0503. The van der Waals surface area contributed by atoms with Crippen molar-refractivity contribution >= 4 is 36.1 Å². The van der Waals surface area contributed by atoms with E-state index in [1.54, 1.807) is 13.1 Å². The predicted octanol–water partition coefficient (Wildman–Crippen LogP) is 5.84.